The summed E-state index contributed by atoms with van der Waals surface area (Å²) < 4.78 is 39.4. The van der Waals surface area contributed by atoms with Crippen molar-refractivity contribution in [2.24, 2.45) is 0 Å². The van der Waals surface area contributed by atoms with Crippen molar-refractivity contribution >= 4 is 35.0 Å². The van der Waals surface area contributed by atoms with E-state index in [1.165, 1.54) is 38.5 Å². The summed E-state index contributed by atoms with van der Waals surface area (Å²) in [7, 11) is 2.57. The molecule has 1 N–H and O–H groups in total. The fraction of sp³-hybridized carbons (Fsp3) is 0.222. The van der Waals surface area contributed by atoms with Gasteiger partial charge in [-0.1, -0.05) is 11.8 Å². The molecule has 9 nitrogen and oxygen atoms in total. The molecule has 2 aromatic rings. The van der Waals surface area contributed by atoms with Gasteiger partial charge in [-0.2, -0.15) is 8.78 Å². The molecule has 2 aromatic carbocycles. The highest BCUT2D eigenvalue weighted by molar-refractivity contribution is 7.99. The Morgan fingerprint density at radius 2 is 1.73 bits per heavy atom. The number of amides is 1. The number of nitrogens with one attached hydrogen (secondary N) is 1. The largest absolute Gasteiger partial charge is 0.493 e. The fourth-order valence-corrected chi connectivity index (χ4v) is 2.81. The van der Waals surface area contributed by atoms with E-state index in [-0.39, 0.29) is 11.5 Å². The highest BCUT2D eigenvalue weighted by Crippen LogP contribution is 2.34. The summed E-state index contributed by atoms with van der Waals surface area (Å²) in [6.07, 6.45) is 0. The van der Waals surface area contributed by atoms with Crippen molar-refractivity contribution in [1.82, 2.24) is 0 Å². The van der Waals surface area contributed by atoms with Crippen LogP contribution in [0.2, 0.25) is 0 Å². The number of esters is 1. The minimum Gasteiger partial charge on any atom is -0.493 e. The number of benzene rings is 2. The van der Waals surface area contributed by atoms with E-state index < -0.39 is 40.4 Å². The SMILES string of the molecule is COc1cc(C(=O)OCC(=O)Nc2ccc(SC(F)F)cc2)c([N+](=O)[O-])cc1OC. The first-order chi connectivity index (χ1) is 14.2. The lowest BCUT2D eigenvalue weighted by Gasteiger charge is -2.11. The van der Waals surface area contributed by atoms with E-state index in [1.807, 2.05) is 0 Å². The Morgan fingerprint density at radius 1 is 1.13 bits per heavy atom. The van der Waals surface area contributed by atoms with Gasteiger partial charge in [-0.25, -0.2) is 4.79 Å². The van der Waals surface area contributed by atoms with E-state index >= 15 is 0 Å². The maximum atomic E-state index is 12.3. The van der Waals surface area contributed by atoms with E-state index in [0.29, 0.717) is 22.3 Å². The zero-order valence-corrected chi connectivity index (χ0v) is 16.5. The third-order valence-electron chi connectivity index (χ3n) is 3.62. The van der Waals surface area contributed by atoms with Crippen molar-refractivity contribution in [2.45, 2.75) is 10.7 Å². The minimum atomic E-state index is -2.56. The zero-order valence-electron chi connectivity index (χ0n) is 15.7. The van der Waals surface area contributed by atoms with Crippen LogP contribution in [0.3, 0.4) is 0 Å². The number of thioether (sulfide) groups is 1. The van der Waals surface area contributed by atoms with Crippen LogP contribution in [0, 0.1) is 10.1 Å². The molecule has 0 fully saturated rings. The predicted molar refractivity (Wildman–Crippen MR) is 103 cm³/mol. The number of ether oxygens (including phenoxy) is 3. The Labute approximate surface area is 173 Å². The van der Waals surface area contributed by atoms with E-state index in [2.05, 4.69) is 5.32 Å². The summed E-state index contributed by atoms with van der Waals surface area (Å²) in [5.74, 6) is -4.28. The zero-order chi connectivity index (χ0) is 22.3. The maximum absolute atomic E-state index is 12.3. The Balaban J connectivity index is 2.04. The number of carbonyl (C=O) groups excluding carboxylic acids is 2. The first-order valence-corrected chi connectivity index (χ1v) is 9.05. The number of nitro benzene ring substituents is 1. The molecule has 0 heterocycles. The van der Waals surface area contributed by atoms with Crippen LogP contribution in [0.15, 0.2) is 41.3 Å². The molecule has 2 rings (SSSR count). The number of hydrogen-bond donors (Lipinski definition) is 1. The monoisotopic (exact) mass is 442 g/mol. The number of anilines is 1. The average molecular weight is 442 g/mol. The maximum Gasteiger partial charge on any atom is 0.345 e. The normalized spacial score (nSPS) is 10.4. The summed E-state index contributed by atoms with van der Waals surface area (Å²) in [5.41, 5.74) is -0.698. The topological polar surface area (TPSA) is 117 Å². The van der Waals surface area contributed by atoms with E-state index in [0.717, 1.165) is 12.1 Å². The quantitative estimate of drug-likeness (QED) is 0.270. The van der Waals surface area contributed by atoms with E-state index in [1.54, 1.807) is 0 Å². The van der Waals surface area contributed by atoms with Gasteiger partial charge in [0.15, 0.2) is 18.1 Å². The number of alkyl halides is 2. The molecule has 1 amide bonds. The average Bonchev–Trinajstić information content (AvgIpc) is 2.71. The second-order valence-electron chi connectivity index (χ2n) is 5.51. The lowest BCUT2D eigenvalue weighted by Crippen LogP contribution is -2.21. The van der Waals surface area contributed by atoms with Gasteiger partial charge in [-0.05, 0) is 24.3 Å². The van der Waals surface area contributed by atoms with Crippen LogP contribution in [0.1, 0.15) is 10.4 Å². The second-order valence-corrected chi connectivity index (χ2v) is 6.57. The Kier molecular flexibility index (Phi) is 7.92. The molecule has 0 bridgehead atoms. The van der Waals surface area contributed by atoms with Crippen molar-refractivity contribution in [2.75, 3.05) is 26.1 Å². The van der Waals surface area contributed by atoms with Crippen LogP contribution in [0.5, 0.6) is 11.5 Å². The van der Waals surface area contributed by atoms with Gasteiger partial charge < -0.3 is 19.5 Å². The van der Waals surface area contributed by atoms with Gasteiger partial charge in [0.2, 0.25) is 0 Å². The molecular weight excluding hydrogens is 426 g/mol. The molecule has 0 saturated carbocycles. The summed E-state index contributed by atoms with van der Waals surface area (Å²) in [6, 6.07) is 7.69. The number of carbonyl (C=O) groups is 2. The third kappa shape index (κ3) is 6.04. The standard InChI is InChI=1S/C18H16F2N2O7S/c1-27-14-7-12(13(22(25)26)8-15(14)28-2)17(24)29-9-16(23)21-10-3-5-11(6-4-10)30-18(19)20/h3-8,18H,9H2,1-2H3,(H,21,23). The van der Waals surface area contributed by atoms with E-state index in [9.17, 15) is 28.5 Å². The van der Waals surface area contributed by atoms with Crippen LogP contribution in [-0.4, -0.2) is 43.4 Å². The second kappa shape index (κ2) is 10.4. The van der Waals surface area contributed by atoms with Crippen LogP contribution < -0.4 is 14.8 Å². The number of halogens is 2. The summed E-state index contributed by atoms with van der Waals surface area (Å²) in [4.78, 5) is 35.0. The van der Waals surface area contributed by atoms with Crippen molar-refractivity contribution < 1.29 is 37.5 Å². The molecule has 160 valence electrons. The van der Waals surface area contributed by atoms with Gasteiger partial charge in [0.25, 0.3) is 17.4 Å². The molecule has 12 heteroatoms. The van der Waals surface area contributed by atoms with Gasteiger partial charge >= 0.3 is 5.97 Å². The molecule has 0 atom stereocenters. The molecular formula is C18H16F2N2O7S. The Morgan fingerprint density at radius 3 is 2.27 bits per heavy atom. The molecule has 0 aliphatic heterocycles. The first kappa shape index (κ1) is 22.9. The summed E-state index contributed by atoms with van der Waals surface area (Å²) >= 11 is 0.357. The van der Waals surface area contributed by atoms with Gasteiger partial charge in [-0.15, -0.1) is 0 Å². The number of hydrogen-bond acceptors (Lipinski definition) is 8. The number of rotatable bonds is 9. The third-order valence-corrected chi connectivity index (χ3v) is 4.34. The molecule has 0 aromatic heterocycles. The van der Waals surface area contributed by atoms with E-state index in [4.69, 9.17) is 14.2 Å². The Bertz CT molecular complexity index is 939. The van der Waals surface area contributed by atoms with Crippen LogP contribution >= 0.6 is 11.8 Å². The highest BCUT2D eigenvalue weighted by Gasteiger charge is 2.26. The van der Waals surface area contributed by atoms with Crippen LogP contribution in [-0.2, 0) is 9.53 Å². The molecule has 0 radical (unpaired) electrons. The fourth-order valence-electron chi connectivity index (χ4n) is 2.31. The van der Waals surface area contributed by atoms with Gasteiger partial charge in [0, 0.05) is 16.6 Å². The van der Waals surface area contributed by atoms with Crippen molar-refractivity contribution in [3.05, 3.63) is 52.1 Å². The van der Waals surface area contributed by atoms with Crippen molar-refractivity contribution in [3.8, 4) is 11.5 Å². The molecule has 0 spiro atoms. The van der Waals surface area contributed by atoms with Crippen LogP contribution in [0.4, 0.5) is 20.2 Å². The van der Waals surface area contributed by atoms with Crippen LogP contribution in [0.25, 0.3) is 0 Å². The van der Waals surface area contributed by atoms with Gasteiger partial charge in [-0.3, -0.25) is 14.9 Å². The number of nitrogens with zero attached hydrogens (tertiary/aromatic N) is 1. The summed E-state index contributed by atoms with van der Waals surface area (Å²) in [6.45, 7) is -0.724. The highest BCUT2D eigenvalue weighted by atomic mass is 32.2. The minimum absolute atomic E-state index is 0.0481. The lowest BCUT2D eigenvalue weighted by molar-refractivity contribution is -0.385. The molecule has 0 aliphatic rings. The molecule has 0 unspecified atom stereocenters. The first-order valence-electron chi connectivity index (χ1n) is 8.17. The molecule has 0 aliphatic carbocycles. The van der Waals surface area contributed by atoms with Gasteiger partial charge in [0.1, 0.15) is 5.56 Å². The molecule has 0 saturated heterocycles. The summed E-state index contributed by atoms with van der Waals surface area (Å²) in [5, 5.41) is 13.7. The smallest absolute Gasteiger partial charge is 0.345 e. The number of nitro groups is 1. The molecule has 30 heavy (non-hydrogen) atoms. The lowest BCUT2D eigenvalue weighted by atomic mass is 10.1. The Hall–Kier alpha value is -3.41. The van der Waals surface area contributed by atoms with Crippen molar-refractivity contribution in [3.63, 3.8) is 0 Å². The van der Waals surface area contributed by atoms with Crippen molar-refractivity contribution in [1.29, 1.82) is 0 Å². The predicted octanol–water partition coefficient (Wildman–Crippen LogP) is 3.72. The van der Waals surface area contributed by atoms with Gasteiger partial charge in [0.05, 0.1) is 25.2 Å². The number of methoxy groups -OCH3 is 2.